The fourth-order valence-electron chi connectivity index (χ4n) is 4.84. The first-order valence-electron chi connectivity index (χ1n) is 11.9. The summed E-state index contributed by atoms with van der Waals surface area (Å²) in [6, 6.07) is 26.8. The molecule has 0 saturated carbocycles. The molecular weight excluding hydrogens is 410 g/mol. The van der Waals surface area contributed by atoms with Gasteiger partial charge in [0.2, 0.25) is 0 Å². The summed E-state index contributed by atoms with van der Waals surface area (Å²) < 4.78 is 5.97. The molecule has 1 saturated heterocycles. The minimum absolute atomic E-state index is 0.0645. The van der Waals surface area contributed by atoms with Gasteiger partial charge in [-0.1, -0.05) is 54.6 Å². The van der Waals surface area contributed by atoms with Gasteiger partial charge in [0.25, 0.3) is 0 Å². The van der Waals surface area contributed by atoms with E-state index in [4.69, 9.17) is 4.74 Å². The Hall–Kier alpha value is -3.31. The Kier molecular flexibility index (Phi) is 6.58. The number of piperazine rings is 1. The standard InChI is InChI=1S/C28H31N3O2/c32-28(29-27-15-7-10-23-9-4-5-14-26(23)27)31-18-16-30(17-19-31)21-22-8-6-13-25(20-22)33-24-11-2-1-3-12-24/h1-6,8-9,11-14,20,27H,7,10,15-19,21H2,(H,29,32). The molecule has 170 valence electrons. The van der Waals surface area contributed by atoms with Crippen molar-refractivity contribution in [2.24, 2.45) is 0 Å². The lowest BCUT2D eigenvalue weighted by Crippen LogP contribution is -2.52. The molecule has 5 nitrogen and oxygen atoms in total. The molecule has 3 aromatic rings. The number of ether oxygens (including phenoxy) is 1. The second-order valence-corrected chi connectivity index (χ2v) is 8.92. The van der Waals surface area contributed by atoms with Crippen LogP contribution in [-0.2, 0) is 13.0 Å². The van der Waals surface area contributed by atoms with E-state index >= 15 is 0 Å². The van der Waals surface area contributed by atoms with Gasteiger partial charge in [-0.25, -0.2) is 4.79 Å². The van der Waals surface area contributed by atoms with Crippen LogP contribution < -0.4 is 10.1 Å². The highest BCUT2D eigenvalue weighted by Gasteiger charge is 2.26. The van der Waals surface area contributed by atoms with E-state index in [1.54, 1.807) is 0 Å². The van der Waals surface area contributed by atoms with Crippen LogP contribution in [-0.4, -0.2) is 42.0 Å². The van der Waals surface area contributed by atoms with Gasteiger partial charge < -0.3 is 15.0 Å². The predicted molar refractivity (Wildman–Crippen MR) is 130 cm³/mol. The monoisotopic (exact) mass is 441 g/mol. The number of para-hydroxylation sites is 1. The molecule has 3 aromatic carbocycles. The molecular formula is C28H31N3O2. The number of amides is 2. The SMILES string of the molecule is O=C(NC1CCCc2ccccc21)N1CCN(Cc2cccc(Oc3ccccc3)c2)CC1. The van der Waals surface area contributed by atoms with Gasteiger partial charge >= 0.3 is 6.03 Å². The third-order valence-corrected chi connectivity index (χ3v) is 6.61. The number of hydrogen-bond donors (Lipinski definition) is 1. The number of nitrogens with one attached hydrogen (secondary N) is 1. The lowest BCUT2D eigenvalue weighted by molar-refractivity contribution is 0.132. The van der Waals surface area contributed by atoms with Gasteiger partial charge in [0.15, 0.2) is 0 Å². The number of hydrogen-bond acceptors (Lipinski definition) is 3. The van der Waals surface area contributed by atoms with E-state index in [1.165, 1.54) is 16.7 Å². The molecule has 2 aliphatic rings. The lowest BCUT2D eigenvalue weighted by Gasteiger charge is -2.36. The molecule has 1 unspecified atom stereocenters. The zero-order valence-electron chi connectivity index (χ0n) is 19.0. The topological polar surface area (TPSA) is 44.8 Å². The number of nitrogens with zero attached hydrogens (tertiary/aromatic N) is 2. The normalized spacial score (nSPS) is 18.4. The molecule has 1 atom stereocenters. The quantitative estimate of drug-likeness (QED) is 0.578. The number of benzene rings is 3. The van der Waals surface area contributed by atoms with E-state index in [-0.39, 0.29) is 12.1 Å². The highest BCUT2D eigenvalue weighted by Crippen LogP contribution is 2.29. The van der Waals surface area contributed by atoms with Crippen molar-refractivity contribution < 1.29 is 9.53 Å². The van der Waals surface area contributed by atoms with Gasteiger partial charge in [0, 0.05) is 32.7 Å². The molecule has 1 aliphatic heterocycles. The van der Waals surface area contributed by atoms with Crippen molar-refractivity contribution in [1.82, 2.24) is 15.1 Å². The van der Waals surface area contributed by atoms with Crippen LogP contribution in [0.2, 0.25) is 0 Å². The summed E-state index contributed by atoms with van der Waals surface area (Å²) in [4.78, 5) is 17.3. The van der Waals surface area contributed by atoms with Crippen molar-refractivity contribution >= 4 is 6.03 Å². The van der Waals surface area contributed by atoms with Crippen molar-refractivity contribution in [3.63, 3.8) is 0 Å². The second-order valence-electron chi connectivity index (χ2n) is 8.92. The number of fused-ring (bicyclic) bond motifs is 1. The predicted octanol–water partition coefficient (Wildman–Crippen LogP) is 5.38. The first-order chi connectivity index (χ1) is 16.2. The summed E-state index contributed by atoms with van der Waals surface area (Å²) in [5, 5.41) is 3.29. The van der Waals surface area contributed by atoms with Crippen LogP contribution in [0.1, 0.15) is 35.6 Å². The summed E-state index contributed by atoms with van der Waals surface area (Å²) in [7, 11) is 0. The van der Waals surface area contributed by atoms with E-state index in [2.05, 4.69) is 46.6 Å². The van der Waals surface area contributed by atoms with Crippen LogP contribution in [0.15, 0.2) is 78.9 Å². The Morgan fingerprint density at radius 2 is 1.64 bits per heavy atom. The van der Waals surface area contributed by atoms with Crippen molar-refractivity contribution in [2.45, 2.75) is 31.8 Å². The minimum Gasteiger partial charge on any atom is -0.457 e. The van der Waals surface area contributed by atoms with Crippen LogP contribution >= 0.6 is 0 Å². The highest BCUT2D eigenvalue weighted by molar-refractivity contribution is 5.75. The smallest absolute Gasteiger partial charge is 0.317 e. The fourth-order valence-corrected chi connectivity index (χ4v) is 4.84. The number of carbonyl (C=O) groups excluding carboxylic acids is 1. The van der Waals surface area contributed by atoms with E-state index in [1.807, 2.05) is 47.4 Å². The third kappa shape index (κ3) is 5.37. The number of rotatable bonds is 5. The van der Waals surface area contributed by atoms with Crippen molar-refractivity contribution in [2.75, 3.05) is 26.2 Å². The van der Waals surface area contributed by atoms with Gasteiger partial charge in [0.05, 0.1) is 6.04 Å². The van der Waals surface area contributed by atoms with Gasteiger partial charge in [0.1, 0.15) is 11.5 Å². The highest BCUT2D eigenvalue weighted by atomic mass is 16.5. The Bertz CT molecular complexity index is 1080. The molecule has 1 N–H and O–H groups in total. The maximum atomic E-state index is 12.9. The van der Waals surface area contributed by atoms with Crippen LogP contribution in [0.5, 0.6) is 11.5 Å². The molecule has 0 aromatic heterocycles. The fraction of sp³-hybridized carbons (Fsp3) is 0.321. The maximum absolute atomic E-state index is 12.9. The Labute approximate surface area is 196 Å². The first-order valence-corrected chi connectivity index (χ1v) is 11.9. The van der Waals surface area contributed by atoms with Gasteiger partial charge in [-0.2, -0.15) is 0 Å². The zero-order chi connectivity index (χ0) is 22.5. The van der Waals surface area contributed by atoms with Crippen molar-refractivity contribution in [3.05, 3.63) is 95.6 Å². The van der Waals surface area contributed by atoms with E-state index in [0.717, 1.165) is 63.5 Å². The summed E-state index contributed by atoms with van der Waals surface area (Å²) in [6.45, 7) is 4.11. The summed E-state index contributed by atoms with van der Waals surface area (Å²) in [6.07, 6.45) is 3.26. The molecule has 0 radical (unpaired) electrons. The maximum Gasteiger partial charge on any atom is 0.317 e. The van der Waals surface area contributed by atoms with Gasteiger partial charge in [-0.05, 0) is 60.2 Å². The summed E-state index contributed by atoms with van der Waals surface area (Å²) in [5.41, 5.74) is 3.88. The molecule has 0 bridgehead atoms. The second kappa shape index (κ2) is 10.1. The molecule has 1 fully saturated rings. The number of carbonyl (C=O) groups is 1. The molecule has 2 amide bonds. The zero-order valence-corrected chi connectivity index (χ0v) is 19.0. The van der Waals surface area contributed by atoms with E-state index < -0.39 is 0 Å². The van der Waals surface area contributed by atoms with Crippen LogP contribution in [0.25, 0.3) is 0 Å². The molecule has 5 rings (SSSR count). The Morgan fingerprint density at radius 1 is 0.879 bits per heavy atom. The van der Waals surface area contributed by atoms with Crippen molar-refractivity contribution in [1.29, 1.82) is 0 Å². The summed E-state index contributed by atoms with van der Waals surface area (Å²) in [5.74, 6) is 1.69. The van der Waals surface area contributed by atoms with Crippen LogP contribution in [0.3, 0.4) is 0 Å². The molecule has 1 aliphatic carbocycles. The largest absolute Gasteiger partial charge is 0.457 e. The molecule has 0 spiro atoms. The minimum atomic E-state index is 0.0645. The number of aryl methyl sites for hydroxylation is 1. The lowest BCUT2D eigenvalue weighted by atomic mass is 9.88. The molecule has 5 heteroatoms. The van der Waals surface area contributed by atoms with Gasteiger partial charge in [-0.3, -0.25) is 4.90 Å². The molecule has 33 heavy (non-hydrogen) atoms. The average Bonchev–Trinajstić information content (AvgIpc) is 2.86. The average molecular weight is 442 g/mol. The first kappa shape index (κ1) is 21.5. The van der Waals surface area contributed by atoms with Crippen LogP contribution in [0.4, 0.5) is 4.79 Å². The van der Waals surface area contributed by atoms with E-state index in [0.29, 0.717) is 0 Å². The third-order valence-electron chi connectivity index (χ3n) is 6.61. The van der Waals surface area contributed by atoms with Gasteiger partial charge in [-0.15, -0.1) is 0 Å². The Balaban J connectivity index is 1.13. The summed E-state index contributed by atoms with van der Waals surface area (Å²) >= 11 is 0. The molecule has 1 heterocycles. The Morgan fingerprint density at radius 3 is 2.48 bits per heavy atom. The van der Waals surface area contributed by atoms with Crippen LogP contribution in [0, 0.1) is 0 Å². The number of urea groups is 1. The van der Waals surface area contributed by atoms with Crippen molar-refractivity contribution in [3.8, 4) is 11.5 Å². The van der Waals surface area contributed by atoms with E-state index in [9.17, 15) is 4.79 Å².